The van der Waals surface area contributed by atoms with Crippen molar-refractivity contribution in [2.75, 3.05) is 26.2 Å². The molecule has 4 nitrogen and oxygen atoms in total. The first kappa shape index (κ1) is 19.7. The molecule has 152 valence electrons. The van der Waals surface area contributed by atoms with E-state index in [-0.39, 0.29) is 5.75 Å². The van der Waals surface area contributed by atoms with Gasteiger partial charge in [0.25, 0.3) is 0 Å². The minimum Gasteiger partial charge on any atom is -0.506 e. The number of phenols is 1. The van der Waals surface area contributed by atoms with Crippen molar-refractivity contribution >= 4 is 10.9 Å². The number of aromatic nitrogens is 1. The van der Waals surface area contributed by atoms with Gasteiger partial charge in [0.1, 0.15) is 11.3 Å². The van der Waals surface area contributed by atoms with Gasteiger partial charge in [0.2, 0.25) is 0 Å². The van der Waals surface area contributed by atoms with Gasteiger partial charge in [-0.15, -0.1) is 0 Å². The first-order valence-electron chi connectivity index (χ1n) is 9.56. The minimum atomic E-state index is -4.29. The summed E-state index contributed by atoms with van der Waals surface area (Å²) in [5, 5.41) is 11.0. The molecule has 2 heterocycles. The Labute approximate surface area is 167 Å². The summed E-state index contributed by atoms with van der Waals surface area (Å²) in [7, 11) is 0. The van der Waals surface area contributed by atoms with Gasteiger partial charge in [-0.1, -0.05) is 24.3 Å². The van der Waals surface area contributed by atoms with Gasteiger partial charge in [0.15, 0.2) is 0 Å². The second-order valence-electron chi connectivity index (χ2n) is 7.39. The Morgan fingerprint density at radius 3 is 2.17 bits per heavy atom. The molecule has 0 radical (unpaired) electrons. The van der Waals surface area contributed by atoms with E-state index in [9.17, 15) is 18.3 Å². The molecule has 0 unspecified atom stereocenters. The van der Waals surface area contributed by atoms with E-state index in [4.69, 9.17) is 0 Å². The summed E-state index contributed by atoms with van der Waals surface area (Å²) in [6.07, 6.45) is -2.62. The van der Waals surface area contributed by atoms with Crippen LogP contribution in [0.2, 0.25) is 0 Å². The molecule has 4 rings (SSSR count). The summed E-state index contributed by atoms with van der Waals surface area (Å²) in [5.41, 5.74) is 2.02. The van der Waals surface area contributed by atoms with Gasteiger partial charge < -0.3 is 5.11 Å². The van der Waals surface area contributed by atoms with Crippen molar-refractivity contribution < 1.29 is 18.3 Å². The maximum Gasteiger partial charge on any atom is 0.416 e. The molecule has 7 heteroatoms. The Balaban J connectivity index is 1.35. The molecule has 0 amide bonds. The van der Waals surface area contributed by atoms with Gasteiger partial charge in [-0.25, -0.2) is 0 Å². The van der Waals surface area contributed by atoms with Crippen molar-refractivity contribution in [3.8, 4) is 5.75 Å². The van der Waals surface area contributed by atoms with Crippen molar-refractivity contribution in [1.82, 2.24) is 14.8 Å². The fourth-order valence-corrected chi connectivity index (χ4v) is 3.76. The summed E-state index contributed by atoms with van der Waals surface area (Å²) < 4.78 is 38.1. The quantitative estimate of drug-likeness (QED) is 0.709. The molecule has 0 saturated carbocycles. The van der Waals surface area contributed by atoms with Crippen molar-refractivity contribution in [3.63, 3.8) is 0 Å². The zero-order valence-electron chi connectivity index (χ0n) is 15.9. The normalized spacial score (nSPS) is 16.4. The molecule has 1 saturated heterocycles. The van der Waals surface area contributed by atoms with Crippen LogP contribution < -0.4 is 0 Å². The number of nitrogens with zero attached hydrogens (tertiary/aromatic N) is 3. The number of hydrogen-bond donors (Lipinski definition) is 1. The number of phenolic OH excluding ortho intramolecular Hbond substituents is 1. The third-order valence-electron chi connectivity index (χ3n) is 5.38. The molecule has 2 aromatic carbocycles. The van der Waals surface area contributed by atoms with Gasteiger partial charge >= 0.3 is 6.18 Å². The topological polar surface area (TPSA) is 39.6 Å². The zero-order valence-corrected chi connectivity index (χ0v) is 15.9. The van der Waals surface area contributed by atoms with Gasteiger partial charge in [-0.2, -0.15) is 13.2 Å². The van der Waals surface area contributed by atoms with Gasteiger partial charge in [-0.05, 0) is 35.4 Å². The Bertz CT molecular complexity index is 981. The second kappa shape index (κ2) is 8.00. The smallest absolute Gasteiger partial charge is 0.416 e. The lowest BCUT2D eigenvalue weighted by Crippen LogP contribution is -2.45. The van der Waals surface area contributed by atoms with Gasteiger partial charge in [0, 0.05) is 50.9 Å². The molecule has 1 fully saturated rings. The Kier molecular flexibility index (Phi) is 5.43. The van der Waals surface area contributed by atoms with Crippen LogP contribution in [-0.4, -0.2) is 46.1 Å². The van der Waals surface area contributed by atoms with Gasteiger partial charge in [-0.3, -0.25) is 14.8 Å². The molecule has 1 aliphatic rings. The van der Waals surface area contributed by atoms with E-state index in [1.54, 1.807) is 24.4 Å². The first-order valence-corrected chi connectivity index (χ1v) is 9.56. The van der Waals surface area contributed by atoms with E-state index >= 15 is 0 Å². The predicted octanol–water partition coefficient (Wildman–Crippen LogP) is 4.28. The van der Waals surface area contributed by atoms with Crippen LogP contribution in [-0.2, 0) is 19.3 Å². The van der Waals surface area contributed by atoms with Crippen LogP contribution in [0, 0.1) is 0 Å². The molecule has 0 spiro atoms. The number of fused-ring (bicyclic) bond motifs is 1. The number of benzene rings is 2. The van der Waals surface area contributed by atoms with Crippen LogP contribution in [0.4, 0.5) is 13.2 Å². The Morgan fingerprint density at radius 2 is 1.52 bits per heavy atom. The average Bonchev–Trinajstić information content (AvgIpc) is 2.71. The summed E-state index contributed by atoms with van der Waals surface area (Å²) in [4.78, 5) is 8.88. The summed E-state index contributed by atoms with van der Waals surface area (Å²) >= 11 is 0. The highest BCUT2D eigenvalue weighted by Crippen LogP contribution is 2.29. The lowest BCUT2D eigenvalue weighted by Gasteiger charge is -2.35. The highest BCUT2D eigenvalue weighted by atomic mass is 19.4. The fraction of sp³-hybridized carbons (Fsp3) is 0.318. The van der Waals surface area contributed by atoms with Gasteiger partial charge in [0.05, 0.1) is 5.56 Å². The summed E-state index contributed by atoms with van der Waals surface area (Å²) in [6, 6.07) is 12.9. The number of pyridine rings is 1. The van der Waals surface area contributed by atoms with Crippen molar-refractivity contribution in [3.05, 3.63) is 71.4 Å². The number of halogens is 3. The van der Waals surface area contributed by atoms with Crippen molar-refractivity contribution in [1.29, 1.82) is 0 Å². The average molecular weight is 401 g/mol. The minimum absolute atomic E-state index is 0.186. The number of rotatable bonds is 4. The largest absolute Gasteiger partial charge is 0.506 e. The monoisotopic (exact) mass is 401 g/mol. The molecule has 1 aliphatic heterocycles. The number of aromatic hydroxyl groups is 1. The lowest BCUT2D eigenvalue weighted by atomic mass is 10.1. The molecule has 0 atom stereocenters. The predicted molar refractivity (Wildman–Crippen MR) is 105 cm³/mol. The third kappa shape index (κ3) is 4.52. The number of piperazine rings is 1. The summed E-state index contributed by atoms with van der Waals surface area (Å²) in [5.74, 6) is 0.186. The van der Waals surface area contributed by atoms with Crippen LogP contribution in [0.1, 0.15) is 16.7 Å². The van der Waals surface area contributed by atoms with Crippen LogP contribution >= 0.6 is 0 Å². The van der Waals surface area contributed by atoms with E-state index < -0.39 is 11.7 Å². The van der Waals surface area contributed by atoms with E-state index in [1.807, 2.05) is 18.2 Å². The van der Waals surface area contributed by atoms with Crippen molar-refractivity contribution in [2.45, 2.75) is 19.3 Å². The first-order chi connectivity index (χ1) is 13.9. The van der Waals surface area contributed by atoms with Crippen molar-refractivity contribution in [2.24, 2.45) is 0 Å². The molecule has 0 aliphatic carbocycles. The van der Waals surface area contributed by atoms with E-state index in [0.717, 1.165) is 61.4 Å². The molecular weight excluding hydrogens is 379 g/mol. The van der Waals surface area contributed by atoms with E-state index in [1.165, 1.54) is 0 Å². The third-order valence-corrected chi connectivity index (χ3v) is 5.38. The second-order valence-corrected chi connectivity index (χ2v) is 7.39. The fourth-order valence-electron chi connectivity index (χ4n) is 3.76. The zero-order chi connectivity index (χ0) is 20.4. The highest BCUT2D eigenvalue weighted by Gasteiger charge is 2.30. The summed E-state index contributed by atoms with van der Waals surface area (Å²) in [6.45, 7) is 4.89. The molecule has 1 N–H and O–H groups in total. The molecule has 29 heavy (non-hydrogen) atoms. The number of alkyl halides is 3. The maximum absolute atomic E-state index is 12.7. The van der Waals surface area contributed by atoms with Crippen LogP contribution in [0.25, 0.3) is 10.9 Å². The molecule has 1 aromatic heterocycles. The van der Waals surface area contributed by atoms with Crippen LogP contribution in [0.3, 0.4) is 0 Å². The van der Waals surface area contributed by atoms with Crippen LogP contribution in [0.5, 0.6) is 5.75 Å². The standard InChI is InChI=1S/C22H22F3N3O/c23-22(24,25)18-6-3-16(4-7-18)14-27-10-12-28(13-11-27)15-17-5-8-20(29)21-19(17)2-1-9-26-21/h1-9,29H,10-15H2. The number of hydrogen-bond acceptors (Lipinski definition) is 4. The van der Waals surface area contributed by atoms with E-state index in [2.05, 4.69) is 14.8 Å². The van der Waals surface area contributed by atoms with E-state index in [0.29, 0.717) is 12.1 Å². The van der Waals surface area contributed by atoms with Crippen LogP contribution in [0.15, 0.2) is 54.7 Å². The Morgan fingerprint density at radius 1 is 0.862 bits per heavy atom. The molecule has 0 bridgehead atoms. The Hall–Kier alpha value is -2.64. The molecular formula is C22H22F3N3O. The lowest BCUT2D eigenvalue weighted by molar-refractivity contribution is -0.137. The highest BCUT2D eigenvalue weighted by molar-refractivity contribution is 5.87. The maximum atomic E-state index is 12.7. The SMILES string of the molecule is Oc1ccc(CN2CCN(Cc3ccc(C(F)(F)F)cc3)CC2)c2cccnc12. The molecule has 3 aromatic rings.